The molecule has 0 unspecified atom stereocenters. The molecular weight excluding hydrogens is 416 g/mol. The van der Waals surface area contributed by atoms with Gasteiger partial charge < -0.3 is 20.0 Å². The average molecular weight is 441 g/mol. The molecule has 2 fully saturated rings. The number of hydrogen-bond donors (Lipinski definition) is 1. The molecular formula is C23H25ClN4O3. The summed E-state index contributed by atoms with van der Waals surface area (Å²) in [5.41, 5.74) is 0.747. The van der Waals surface area contributed by atoms with E-state index < -0.39 is 5.41 Å². The average Bonchev–Trinajstić information content (AvgIpc) is 2.92. The summed E-state index contributed by atoms with van der Waals surface area (Å²) in [6, 6.07) is 15.8. The van der Waals surface area contributed by atoms with Gasteiger partial charge in [-0.25, -0.2) is 4.79 Å². The van der Waals surface area contributed by atoms with Crippen LogP contribution in [0.4, 0.5) is 10.5 Å². The van der Waals surface area contributed by atoms with Crippen molar-refractivity contribution in [1.29, 1.82) is 0 Å². The van der Waals surface area contributed by atoms with Crippen molar-refractivity contribution in [3.63, 3.8) is 0 Å². The fourth-order valence-corrected chi connectivity index (χ4v) is 4.55. The minimum atomic E-state index is -0.502. The zero-order valence-electron chi connectivity index (χ0n) is 17.4. The Kier molecular flexibility index (Phi) is 5.87. The number of nitrogens with one attached hydrogen (secondary N) is 1. The highest BCUT2D eigenvalue weighted by Gasteiger charge is 2.47. The first-order valence-corrected chi connectivity index (χ1v) is 10.6. The van der Waals surface area contributed by atoms with Crippen molar-refractivity contribution in [2.75, 3.05) is 45.1 Å². The van der Waals surface area contributed by atoms with E-state index in [1.807, 2.05) is 30.3 Å². The summed E-state index contributed by atoms with van der Waals surface area (Å²) < 4.78 is 0. The predicted molar refractivity (Wildman–Crippen MR) is 119 cm³/mol. The number of hydrogen-bond acceptors (Lipinski definition) is 3. The summed E-state index contributed by atoms with van der Waals surface area (Å²) in [7, 11) is 1.77. The predicted octanol–water partition coefficient (Wildman–Crippen LogP) is 3.18. The SMILES string of the molecule is CN1C[C@@]2(CC1=O)CN(C(=O)Nc1ccccc1)CCN(C(=O)c1ccc(Cl)cc1)C2. The first-order valence-electron chi connectivity index (χ1n) is 10.3. The quantitative estimate of drug-likeness (QED) is 0.779. The number of rotatable bonds is 2. The van der Waals surface area contributed by atoms with Gasteiger partial charge in [0.2, 0.25) is 5.91 Å². The number of nitrogens with zero attached hydrogens (tertiary/aromatic N) is 3. The maximum absolute atomic E-state index is 13.2. The zero-order chi connectivity index (χ0) is 22.0. The van der Waals surface area contributed by atoms with Crippen molar-refractivity contribution in [1.82, 2.24) is 14.7 Å². The fourth-order valence-electron chi connectivity index (χ4n) is 4.42. The second kappa shape index (κ2) is 8.59. The number of carbonyl (C=O) groups excluding carboxylic acids is 3. The molecule has 2 aromatic carbocycles. The number of amides is 4. The topological polar surface area (TPSA) is 73.0 Å². The van der Waals surface area contributed by atoms with Crippen molar-refractivity contribution in [2.24, 2.45) is 5.41 Å². The molecule has 2 saturated heterocycles. The molecule has 2 aliphatic heterocycles. The lowest BCUT2D eigenvalue weighted by Crippen LogP contribution is -2.46. The van der Waals surface area contributed by atoms with Gasteiger partial charge in [-0.1, -0.05) is 29.8 Å². The summed E-state index contributed by atoms with van der Waals surface area (Å²) in [5.74, 6) is -0.0902. The van der Waals surface area contributed by atoms with E-state index in [4.69, 9.17) is 11.6 Å². The molecule has 8 heteroatoms. The largest absolute Gasteiger partial charge is 0.345 e. The van der Waals surface area contributed by atoms with Gasteiger partial charge in [0.1, 0.15) is 0 Å². The number of para-hydroxylation sites is 1. The summed E-state index contributed by atoms with van der Waals surface area (Å²) in [6.07, 6.45) is 0.309. The Morgan fingerprint density at radius 2 is 1.58 bits per heavy atom. The highest BCUT2D eigenvalue weighted by molar-refractivity contribution is 6.30. The molecule has 2 aromatic rings. The van der Waals surface area contributed by atoms with Crippen LogP contribution in [0.3, 0.4) is 0 Å². The van der Waals surface area contributed by atoms with Crippen LogP contribution < -0.4 is 5.32 Å². The second-order valence-corrected chi connectivity index (χ2v) is 8.81. The van der Waals surface area contributed by atoms with Crippen LogP contribution in [0, 0.1) is 5.41 Å². The Balaban J connectivity index is 1.57. The molecule has 0 saturated carbocycles. The Morgan fingerprint density at radius 1 is 0.935 bits per heavy atom. The van der Waals surface area contributed by atoms with E-state index in [2.05, 4.69) is 5.32 Å². The highest BCUT2D eigenvalue weighted by Crippen LogP contribution is 2.35. The monoisotopic (exact) mass is 440 g/mol. The zero-order valence-corrected chi connectivity index (χ0v) is 18.1. The molecule has 4 rings (SSSR count). The number of likely N-dealkylation sites (tertiary alicyclic amines) is 1. The summed E-state index contributed by atoms with van der Waals surface area (Å²) in [5, 5.41) is 3.49. The lowest BCUT2D eigenvalue weighted by Gasteiger charge is -2.33. The van der Waals surface area contributed by atoms with Crippen LogP contribution in [0.25, 0.3) is 0 Å². The van der Waals surface area contributed by atoms with Crippen LogP contribution >= 0.6 is 11.6 Å². The summed E-state index contributed by atoms with van der Waals surface area (Å²) >= 11 is 5.96. The smallest absolute Gasteiger partial charge is 0.321 e. The van der Waals surface area contributed by atoms with Gasteiger partial charge in [0, 0.05) is 67.9 Å². The number of carbonyl (C=O) groups is 3. The maximum Gasteiger partial charge on any atom is 0.321 e. The molecule has 31 heavy (non-hydrogen) atoms. The Hall–Kier alpha value is -3.06. The second-order valence-electron chi connectivity index (χ2n) is 8.38. The lowest BCUT2D eigenvalue weighted by atomic mass is 9.86. The molecule has 1 N–H and O–H groups in total. The summed E-state index contributed by atoms with van der Waals surface area (Å²) in [4.78, 5) is 43.8. The number of urea groups is 1. The lowest BCUT2D eigenvalue weighted by molar-refractivity contribution is -0.126. The van der Waals surface area contributed by atoms with Crippen molar-refractivity contribution >= 4 is 35.1 Å². The van der Waals surface area contributed by atoms with E-state index in [9.17, 15) is 14.4 Å². The van der Waals surface area contributed by atoms with Gasteiger partial charge in [0.05, 0.1) is 0 Å². The standard InChI is InChI=1S/C23H25ClN4O3/c1-26-14-23(13-20(26)29)15-27(21(30)17-7-9-18(24)10-8-17)11-12-28(16-23)22(31)25-19-5-3-2-4-6-19/h2-10H,11-16H2,1H3,(H,25,31)/t23-/m1/s1. The molecule has 1 atom stereocenters. The highest BCUT2D eigenvalue weighted by atomic mass is 35.5. The molecule has 0 aliphatic carbocycles. The molecule has 2 heterocycles. The Morgan fingerprint density at radius 3 is 2.23 bits per heavy atom. The van der Waals surface area contributed by atoms with E-state index >= 15 is 0 Å². The van der Waals surface area contributed by atoms with Crippen LogP contribution in [0.15, 0.2) is 54.6 Å². The van der Waals surface area contributed by atoms with Gasteiger partial charge in [-0.15, -0.1) is 0 Å². The molecule has 0 radical (unpaired) electrons. The maximum atomic E-state index is 13.2. The van der Waals surface area contributed by atoms with Crippen molar-refractivity contribution < 1.29 is 14.4 Å². The van der Waals surface area contributed by atoms with E-state index in [0.717, 1.165) is 0 Å². The Labute approximate surface area is 186 Å². The number of halogens is 1. The Bertz CT molecular complexity index is 982. The van der Waals surface area contributed by atoms with E-state index in [-0.39, 0.29) is 17.8 Å². The van der Waals surface area contributed by atoms with Crippen LogP contribution in [-0.4, -0.2) is 72.3 Å². The molecule has 1 spiro atoms. The van der Waals surface area contributed by atoms with E-state index in [1.54, 1.807) is 46.0 Å². The van der Waals surface area contributed by atoms with E-state index in [1.165, 1.54) is 0 Å². The molecule has 7 nitrogen and oxygen atoms in total. The minimum absolute atomic E-state index is 0.0317. The molecule has 4 amide bonds. The van der Waals surface area contributed by atoms with Crippen LogP contribution in [0.1, 0.15) is 16.8 Å². The van der Waals surface area contributed by atoms with Gasteiger partial charge >= 0.3 is 6.03 Å². The third-order valence-corrected chi connectivity index (χ3v) is 6.16. The minimum Gasteiger partial charge on any atom is -0.345 e. The molecule has 162 valence electrons. The molecule has 0 bridgehead atoms. The van der Waals surface area contributed by atoms with Crippen molar-refractivity contribution in [2.45, 2.75) is 6.42 Å². The third kappa shape index (κ3) is 4.66. The van der Waals surface area contributed by atoms with Crippen LogP contribution in [0.2, 0.25) is 5.02 Å². The van der Waals surface area contributed by atoms with Crippen molar-refractivity contribution in [3.8, 4) is 0 Å². The fraction of sp³-hybridized carbons (Fsp3) is 0.348. The first kappa shape index (κ1) is 21.2. The normalized spacial score (nSPS) is 21.4. The van der Waals surface area contributed by atoms with Gasteiger partial charge in [-0.3, -0.25) is 9.59 Å². The van der Waals surface area contributed by atoms with Crippen LogP contribution in [-0.2, 0) is 4.79 Å². The molecule has 0 aromatic heterocycles. The number of benzene rings is 2. The third-order valence-electron chi connectivity index (χ3n) is 5.91. The summed E-state index contributed by atoms with van der Waals surface area (Å²) in [6.45, 7) is 2.11. The van der Waals surface area contributed by atoms with Gasteiger partial charge in [-0.05, 0) is 36.4 Å². The number of anilines is 1. The van der Waals surface area contributed by atoms with Gasteiger partial charge in [0.15, 0.2) is 0 Å². The van der Waals surface area contributed by atoms with Gasteiger partial charge in [-0.2, -0.15) is 0 Å². The van der Waals surface area contributed by atoms with E-state index in [0.29, 0.717) is 55.4 Å². The van der Waals surface area contributed by atoms with Crippen LogP contribution in [0.5, 0.6) is 0 Å². The first-order chi connectivity index (χ1) is 14.8. The molecule has 2 aliphatic rings. The van der Waals surface area contributed by atoms with Gasteiger partial charge in [0.25, 0.3) is 5.91 Å². The van der Waals surface area contributed by atoms with Crippen molar-refractivity contribution in [3.05, 3.63) is 65.2 Å².